The highest BCUT2D eigenvalue weighted by atomic mass is 32.1. The number of nitrogens with one attached hydrogen (secondary N) is 1. The van der Waals surface area contributed by atoms with E-state index in [-0.39, 0.29) is 0 Å². The van der Waals surface area contributed by atoms with Crippen LogP contribution in [0.4, 0.5) is 5.69 Å². The van der Waals surface area contributed by atoms with E-state index in [2.05, 4.69) is 46.4 Å². The van der Waals surface area contributed by atoms with E-state index in [4.69, 9.17) is 0 Å². The molecule has 2 unspecified atom stereocenters. The van der Waals surface area contributed by atoms with Crippen molar-refractivity contribution in [3.05, 3.63) is 52.2 Å². The molecule has 1 aromatic heterocycles. The molecule has 0 amide bonds. The molecule has 0 radical (unpaired) electrons. The minimum atomic E-state index is 0.669. The zero-order chi connectivity index (χ0) is 12.7. The van der Waals surface area contributed by atoms with Crippen molar-refractivity contribution in [2.75, 3.05) is 5.32 Å². The monoisotopic (exact) mass is 269 g/mol. The van der Waals surface area contributed by atoms with Crippen LogP contribution in [0.15, 0.2) is 41.1 Å². The Hall–Kier alpha value is -1.28. The lowest BCUT2D eigenvalue weighted by Crippen LogP contribution is -2.30. The van der Waals surface area contributed by atoms with Gasteiger partial charge < -0.3 is 5.32 Å². The van der Waals surface area contributed by atoms with E-state index in [9.17, 15) is 0 Å². The van der Waals surface area contributed by atoms with Crippen LogP contribution in [0.2, 0.25) is 0 Å². The summed E-state index contributed by atoms with van der Waals surface area (Å²) in [6, 6.07) is 11.9. The Labute approximate surface area is 118 Å². The van der Waals surface area contributed by atoms with Crippen molar-refractivity contribution >= 4 is 17.0 Å². The fraction of sp³-hybridized carbons (Fsp3) is 0.412. The summed E-state index contributed by atoms with van der Waals surface area (Å²) in [5.74, 6) is 1.63. The maximum atomic E-state index is 3.81. The Kier molecular flexibility index (Phi) is 2.84. The second-order valence-electron chi connectivity index (χ2n) is 5.96. The van der Waals surface area contributed by atoms with Gasteiger partial charge in [-0.3, -0.25) is 0 Å². The van der Waals surface area contributed by atoms with Crippen LogP contribution in [0.1, 0.15) is 24.0 Å². The van der Waals surface area contributed by atoms with Crippen molar-refractivity contribution in [3.8, 4) is 0 Å². The number of anilines is 1. The van der Waals surface area contributed by atoms with Gasteiger partial charge >= 0.3 is 0 Å². The minimum Gasteiger partial charge on any atom is -0.381 e. The summed E-state index contributed by atoms with van der Waals surface area (Å²) in [6.07, 6.45) is 5.30. The average molecular weight is 269 g/mol. The molecule has 1 saturated carbocycles. The maximum absolute atomic E-state index is 3.81. The predicted octanol–water partition coefficient (Wildman–Crippen LogP) is 4.35. The summed E-state index contributed by atoms with van der Waals surface area (Å²) in [4.78, 5) is 0. The zero-order valence-corrected chi connectivity index (χ0v) is 11.8. The molecule has 1 N–H and O–H groups in total. The Morgan fingerprint density at radius 1 is 0.947 bits per heavy atom. The first-order valence-electron chi connectivity index (χ1n) is 7.25. The van der Waals surface area contributed by atoms with Crippen molar-refractivity contribution in [2.45, 2.75) is 31.7 Å². The molecule has 2 aliphatic rings. The van der Waals surface area contributed by atoms with Gasteiger partial charge in [0.1, 0.15) is 0 Å². The number of hydrogen-bond donors (Lipinski definition) is 1. The second-order valence-corrected chi connectivity index (χ2v) is 6.74. The third-order valence-electron chi connectivity index (χ3n) is 4.86. The molecule has 0 spiro atoms. The summed E-state index contributed by atoms with van der Waals surface area (Å²) in [6.45, 7) is 0. The van der Waals surface area contributed by atoms with Gasteiger partial charge in [0.15, 0.2) is 0 Å². The van der Waals surface area contributed by atoms with Crippen LogP contribution in [0.3, 0.4) is 0 Å². The molecular formula is C17H19NS. The molecule has 2 atom stereocenters. The van der Waals surface area contributed by atoms with E-state index >= 15 is 0 Å². The number of benzene rings is 1. The van der Waals surface area contributed by atoms with Gasteiger partial charge in [0.25, 0.3) is 0 Å². The lowest BCUT2D eigenvalue weighted by Gasteiger charge is -2.24. The fourth-order valence-corrected chi connectivity index (χ4v) is 4.52. The van der Waals surface area contributed by atoms with Crippen LogP contribution < -0.4 is 5.32 Å². The van der Waals surface area contributed by atoms with E-state index < -0.39 is 0 Å². The summed E-state index contributed by atoms with van der Waals surface area (Å²) in [7, 11) is 0. The molecule has 2 aromatic rings. The molecule has 98 valence electrons. The van der Waals surface area contributed by atoms with Crippen LogP contribution in [0.5, 0.6) is 0 Å². The summed E-state index contributed by atoms with van der Waals surface area (Å²) < 4.78 is 0. The third kappa shape index (κ3) is 2.08. The molecule has 1 nitrogen and oxygen atoms in total. The standard InChI is InChI=1S/C17H19NS/c1-2-4-13-10-15-6-5-14(9-12(13)3-1)17(15)18-16-7-8-19-11-16/h1-4,7-8,11,14-15,17-18H,5-6,9-10H2. The van der Waals surface area contributed by atoms with Crippen molar-refractivity contribution in [2.24, 2.45) is 11.8 Å². The molecule has 0 saturated heterocycles. The highest BCUT2D eigenvalue weighted by molar-refractivity contribution is 7.08. The highest BCUT2D eigenvalue weighted by Gasteiger charge is 2.38. The largest absolute Gasteiger partial charge is 0.381 e. The van der Waals surface area contributed by atoms with Gasteiger partial charge in [-0.15, -0.1) is 0 Å². The topological polar surface area (TPSA) is 12.0 Å². The quantitative estimate of drug-likeness (QED) is 0.854. The third-order valence-corrected chi connectivity index (χ3v) is 5.54. The first-order chi connectivity index (χ1) is 9.40. The lowest BCUT2D eigenvalue weighted by molar-refractivity contribution is 0.450. The van der Waals surface area contributed by atoms with E-state index in [1.807, 2.05) is 0 Å². The van der Waals surface area contributed by atoms with Crippen LogP contribution >= 0.6 is 11.3 Å². The Bertz CT molecular complexity index is 527. The number of hydrogen-bond acceptors (Lipinski definition) is 2. The molecule has 2 bridgehead atoms. The summed E-state index contributed by atoms with van der Waals surface area (Å²) in [5.41, 5.74) is 4.50. The molecule has 2 heteroatoms. The first-order valence-corrected chi connectivity index (χ1v) is 8.20. The molecule has 1 fully saturated rings. The molecule has 1 aromatic carbocycles. The Morgan fingerprint density at radius 3 is 2.21 bits per heavy atom. The lowest BCUT2D eigenvalue weighted by atomic mass is 9.94. The van der Waals surface area contributed by atoms with E-state index in [1.54, 1.807) is 22.5 Å². The van der Waals surface area contributed by atoms with Crippen molar-refractivity contribution in [1.29, 1.82) is 0 Å². The molecule has 2 aliphatic carbocycles. The predicted molar refractivity (Wildman–Crippen MR) is 81.8 cm³/mol. The molecular weight excluding hydrogens is 250 g/mol. The van der Waals surface area contributed by atoms with Crippen LogP contribution in [-0.4, -0.2) is 6.04 Å². The zero-order valence-electron chi connectivity index (χ0n) is 11.0. The Balaban J connectivity index is 1.62. The number of fused-ring (bicyclic) bond motifs is 3. The molecule has 4 rings (SSSR count). The van der Waals surface area contributed by atoms with E-state index in [0.717, 1.165) is 11.8 Å². The van der Waals surface area contributed by atoms with Crippen LogP contribution in [0, 0.1) is 11.8 Å². The average Bonchev–Trinajstić information content (AvgIpc) is 2.99. The maximum Gasteiger partial charge on any atom is 0.0451 e. The second kappa shape index (κ2) is 4.68. The van der Waals surface area contributed by atoms with Crippen molar-refractivity contribution < 1.29 is 0 Å². The SMILES string of the molecule is c1ccc2c(c1)CC1CCC(C2)C1Nc1ccsc1. The van der Waals surface area contributed by atoms with Gasteiger partial charge in [0.05, 0.1) is 0 Å². The van der Waals surface area contributed by atoms with Crippen molar-refractivity contribution in [1.82, 2.24) is 0 Å². The van der Waals surface area contributed by atoms with Crippen LogP contribution in [0.25, 0.3) is 0 Å². The fourth-order valence-electron chi connectivity index (χ4n) is 3.93. The van der Waals surface area contributed by atoms with E-state index in [0.29, 0.717) is 6.04 Å². The Morgan fingerprint density at radius 2 is 1.63 bits per heavy atom. The molecule has 1 heterocycles. The van der Waals surface area contributed by atoms with Gasteiger partial charge in [-0.2, -0.15) is 11.3 Å². The van der Waals surface area contributed by atoms with Gasteiger partial charge in [0.2, 0.25) is 0 Å². The smallest absolute Gasteiger partial charge is 0.0451 e. The van der Waals surface area contributed by atoms with Gasteiger partial charge in [-0.05, 0) is 60.1 Å². The normalized spacial score (nSPS) is 28.7. The summed E-state index contributed by atoms with van der Waals surface area (Å²) in [5, 5.41) is 8.20. The van der Waals surface area contributed by atoms with Crippen molar-refractivity contribution in [3.63, 3.8) is 0 Å². The van der Waals surface area contributed by atoms with E-state index in [1.165, 1.54) is 31.4 Å². The van der Waals surface area contributed by atoms with Gasteiger partial charge in [0, 0.05) is 17.1 Å². The van der Waals surface area contributed by atoms with Crippen LogP contribution in [-0.2, 0) is 12.8 Å². The summed E-state index contributed by atoms with van der Waals surface area (Å²) >= 11 is 1.78. The highest BCUT2D eigenvalue weighted by Crippen LogP contribution is 2.41. The number of thiophene rings is 1. The van der Waals surface area contributed by atoms with Gasteiger partial charge in [-0.25, -0.2) is 0 Å². The minimum absolute atomic E-state index is 0.669. The first kappa shape index (κ1) is 11.5. The van der Waals surface area contributed by atoms with Gasteiger partial charge in [-0.1, -0.05) is 24.3 Å². The molecule has 0 aliphatic heterocycles. The molecule has 19 heavy (non-hydrogen) atoms. The number of rotatable bonds is 2.